The Bertz CT molecular complexity index is 3150. The number of rotatable bonds is 16. The first kappa shape index (κ1) is 43.4. The van der Waals surface area contributed by atoms with E-state index in [4.69, 9.17) is 9.47 Å². The second kappa shape index (κ2) is 19.0. The standard InChI is InChI=1S/C59H52N2O4/c1-8-21-42(7)61(53-29-18-13-24-46(53)41(6)9-2)55-35-40(5)33-51(59(55)63)49-27-16-20-31-57(49)65-38-45-23-12-11-22-44(45)37-64-56-30-19-15-26-48(56)50-32-39(4)34-54(58(50)62)60-36-43(10-3)47-25-14-17-28-52(47)60/h8-36,62-63H,2-3,6-7,37-38H2,1,4-5H3/b21-8-. The maximum Gasteiger partial charge on any atom is 0.147 e. The number of ether oxygens (including phenoxy) is 2. The summed E-state index contributed by atoms with van der Waals surface area (Å²) in [4.78, 5) is 1.95. The third-order valence-electron chi connectivity index (χ3n) is 11.6. The summed E-state index contributed by atoms with van der Waals surface area (Å²) in [5, 5.41) is 25.3. The molecule has 0 spiro atoms. The highest BCUT2D eigenvalue weighted by Crippen LogP contribution is 2.47. The summed E-state index contributed by atoms with van der Waals surface area (Å²) >= 11 is 0. The van der Waals surface area contributed by atoms with E-state index in [1.54, 1.807) is 6.08 Å². The van der Waals surface area contributed by atoms with E-state index in [9.17, 15) is 10.2 Å². The van der Waals surface area contributed by atoms with Crippen molar-refractivity contribution in [2.75, 3.05) is 4.90 Å². The molecule has 2 N–H and O–H groups in total. The lowest BCUT2D eigenvalue weighted by Gasteiger charge is -2.30. The fraction of sp³-hybridized carbons (Fsp3) is 0.0847. The van der Waals surface area contributed by atoms with Crippen LogP contribution in [0.2, 0.25) is 0 Å². The Morgan fingerprint density at radius 1 is 0.631 bits per heavy atom. The van der Waals surface area contributed by atoms with Crippen molar-refractivity contribution >= 4 is 33.9 Å². The zero-order valence-electron chi connectivity index (χ0n) is 37.1. The molecular weight excluding hydrogens is 801 g/mol. The number of nitrogens with zero attached hydrogens (tertiary/aromatic N) is 2. The van der Waals surface area contributed by atoms with Crippen molar-refractivity contribution in [2.24, 2.45) is 0 Å². The van der Waals surface area contributed by atoms with Gasteiger partial charge >= 0.3 is 0 Å². The molecule has 0 saturated heterocycles. The van der Waals surface area contributed by atoms with Gasteiger partial charge in [0, 0.05) is 45.1 Å². The van der Waals surface area contributed by atoms with Crippen molar-refractivity contribution < 1.29 is 19.7 Å². The summed E-state index contributed by atoms with van der Waals surface area (Å²) in [6.07, 6.45) is 9.42. The molecule has 0 bridgehead atoms. The van der Waals surface area contributed by atoms with E-state index in [1.807, 2.05) is 194 Å². The molecule has 0 saturated carbocycles. The number of para-hydroxylation sites is 4. The van der Waals surface area contributed by atoms with Crippen molar-refractivity contribution in [3.05, 3.63) is 235 Å². The van der Waals surface area contributed by atoms with E-state index in [0.717, 1.165) is 66.7 Å². The molecule has 0 amide bonds. The fourth-order valence-electron chi connectivity index (χ4n) is 8.39. The van der Waals surface area contributed by atoms with Crippen LogP contribution in [0.5, 0.6) is 23.0 Å². The van der Waals surface area contributed by atoms with Gasteiger partial charge in [0.2, 0.25) is 0 Å². The monoisotopic (exact) mass is 852 g/mol. The summed E-state index contributed by atoms with van der Waals surface area (Å²) in [7, 11) is 0. The van der Waals surface area contributed by atoms with Gasteiger partial charge in [-0.3, -0.25) is 0 Å². The summed E-state index contributed by atoms with van der Waals surface area (Å²) < 4.78 is 15.3. The SMILES string of the molecule is C=CC(=C)c1ccccc1N(C(=C)/C=C\C)c1cc(C)cc(-c2ccccc2OCc2ccccc2COc2ccccc2-c2cc(C)cc(-n3cc(C=C)c4ccccc43)c2O)c1O. The van der Waals surface area contributed by atoms with Crippen LogP contribution in [0, 0.1) is 13.8 Å². The first-order chi connectivity index (χ1) is 31.6. The lowest BCUT2D eigenvalue weighted by atomic mass is 9.98. The van der Waals surface area contributed by atoms with Crippen molar-refractivity contribution in [3.63, 3.8) is 0 Å². The molecule has 0 radical (unpaired) electrons. The number of aromatic nitrogens is 1. The molecule has 65 heavy (non-hydrogen) atoms. The van der Waals surface area contributed by atoms with Crippen LogP contribution in [0.25, 0.3) is 50.5 Å². The quantitative estimate of drug-likeness (QED) is 0.0948. The van der Waals surface area contributed by atoms with Gasteiger partial charge in [-0.05, 0) is 109 Å². The first-order valence-corrected chi connectivity index (χ1v) is 21.6. The van der Waals surface area contributed by atoms with Gasteiger partial charge in [-0.1, -0.05) is 142 Å². The van der Waals surface area contributed by atoms with Crippen LogP contribution in [0.1, 0.15) is 40.3 Å². The number of hydrogen-bond acceptors (Lipinski definition) is 5. The molecular formula is C59H52N2O4. The molecule has 8 aromatic rings. The number of aryl methyl sites for hydroxylation is 2. The summed E-state index contributed by atoms with van der Waals surface area (Å²) in [6, 6.07) is 47.5. The highest BCUT2D eigenvalue weighted by atomic mass is 16.5. The summed E-state index contributed by atoms with van der Waals surface area (Å²) in [6.45, 7) is 23.1. The van der Waals surface area contributed by atoms with Crippen molar-refractivity contribution in [1.29, 1.82) is 0 Å². The molecule has 0 aliphatic heterocycles. The fourth-order valence-corrected chi connectivity index (χ4v) is 8.39. The van der Waals surface area contributed by atoms with Crippen molar-refractivity contribution in [3.8, 4) is 50.9 Å². The Labute approximate surface area is 381 Å². The Balaban J connectivity index is 1.08. The smallest absolute Gasteiger partial charge is 0.147 e. The van der Waals surface area contributed by atoms with Gasteiger partial charge in [0.1, 0.15) is 36.2 Å². The molecule has 6 nitrogen and oxygen atoms in total. The minimum Gasteiger partial charge on any atom is -0.505 e. The summed E-state index contributed by atoms with van der Waals surface area (Å²) in [5.41, 5.74) is 13.0. The van der Waals surface area contributed by atoms with E-state index in [-0.39, 0.29) is 24.7 Å². The van der Waals surface area contributed by atoms with Crippen LogP contribution in [-0.4, -0.2) is 14.8 Å². The van der Waals surface area contributed by atoms with E-state index in [0.29, 0.717) is 39.7 Å². The Morgan fingerprint density at radius 3 is 1.82 bits per heavy atom. The maximum atomic E-state index is 12.3. The number of hydrogen-bond donors (Lipinski definition) is 2. The lowest BCUT2D eigenvalue weighted by Crippen LogP contribution is -2.16. The van der Waals surface area contributed by atoms with Crippen LogP contribution in [-0.2, 0) is 13.2 Å². The zero-order valence-corrected chi connectivity index (χ0v) is 37.1. The van der Waals surface area contributed by atoms with E-state index >= 15 is 0 Å². The largest absolute Gasteiger partial charge is 0.505 e. The molecule has 1 aromatic heterocycles. The molecule has 6 heteroatoms. The van der Waals surface area contributed by atoms with E-state index in [1.165, 1.54) is 0 Å². The predicted octanol–water partition coefficient (Wildman–Crippen LogP) is 15.2. The molecule has 7 aromatic carbocycles. The molecule has 0 atom stereocenters. The van der Waals surface area contributed by atoms with Crippen LogP contribution in [0.15, 0.2) is 202 Å². The van der Waals surface area contributed by atoms with Crippen LogP contribution in [0.4, 0.5) is 11.4 Å². The third kappa shape index (κ3) is 8.75. The van der Waals surface area contributed by atoms with Gasteiger partial charge in [-0.15, -0.1) is 0 Å². The van der Waals surface area contributed by atoms with E-state index < -0.39 is 0 Å². The van der Waals surface area contributed by atoms with Crippen molar-refractivity contribution in [1.82, 2.24) is 4.57 Å². The van der Waals surface area contributed by atoms with Gasteiger partial charge in [0.25, 0.3) is 0 Å². The average Bonchev–Trinajstić information content (AvgIpc) is 3.71. The van der Waals surface area contributed by atoms with Gasteiger partial charge < -0.3 is 29.2 Å². The number of allylic oxidation sites excluding steroid dienone is 4. The van der Waals surface area contributed by atoms with Crippen LogP contribution >= 0.6 is 0 Å². The Kier molecular flexibility index (Phi) is 12.7. The number of phenols is 2. The Morgan fingerprint density at radius 2 is 1.18 bits per heavy atom. The number of fused-ring (bicyclic) bond motifs is 1. The van der Waals surface area contributed by atoms with Gasteiger partial charge in [-0.25, -0.2) is 0 Å². The minimum atomic E-state index is 0.0822. The highest BCUT2D eigenvalue weighted by molar-refractivity contribution is 5.93. The van der Waals surface area contributed by atoms with E-state index in [2.05, 4.69) is 32.4 Å². The molecule has 0 unspecified atom stereocenters. The molecule has 1 heterocycles. The molecule has 8 rings (SSSR count). The highest BCUT2D eigenvalue weighted by Gasteiger charge is 2.24. The zero-order chi connectivity index (χ0) is 45.6. The molecule has 0 fully saturated rings. The second-order valence-corrected chi connectivity index (χ2v) is 15.9. The van der Waals surface area contributed by atoms with Gasteiger partial charge in [-0.2, -0.15) is 0 Å². The maximum absolute atomic E-state index is 12.3. The van der Waals surface area contributed by atoms with Crippen LogP contribution < -0.4 is 14.4 Å². The molecule has 0 aliphatic carbocycles. The van der Waals surface area contributed by atoms with Crippen LogP contribution in [0.3, 0.4) is 0 Å². The number of aromatic hydroxyl groups is 2. The predicted molar refractivity (Wildman–Crippen MR) is 270 cm³/mol. The molecule has 0 aliphatic rings. The first-order valence-electron chi connectivity index (χ1n) is 21.6. The normalized spacial score (nSPS) is 11.1. The number of phenolic OH excluding ortho intramolecular Hbond substituents is 2. The van der Waals surface area contributed by atoms with Gasteiger partial charge in [0.05, 0.1) is 22.6 Å². The lowest BCUT2D eigenvalue weighted by molar-refractivity contribution is 0.286. The average molecular weight is 853 g/mol. The topological polar surface area (TPSA) is 67.1 Å². The number of anilines is 2. The second-order valence-electron chi connectivity index (χ2n) is 15.9. The number of benzene rings is 7. The Hall–Kier alpha value is -8.22. The molecule has 322 valence electrons. The van der Waals surface area contributed by atoms with Crippen molar-refractivity contribution in [2.45, 2.75) is 34.0 Å². The third-order valence-corrected chi connectivity index (χ3v) is 11.6. The summed E-state index contributed by atoms with van der Waals surface area (Å²) in [5.74, 6) is 1.49. The van der Waals surface area contributed by atoms with Gasteiger partial charge in [0.15, 0.2) is 0 Å². The minimum absolute atomic E-state index is 0.0822.